The van der Waals surface area contributed by atoms with E-state index in [-0.39, 0.29) is 10.6 Å². The molecular weight excluding hydrogens is 408 g/mol. The van der Waals surface area contributed by atoms with Crippen molar-refractivity contribution >= 4 is 11.6 Å². The fraction of sp³-hybridized carbons (Fsp3) is 0.696. The SMILES string of the molecule is CC(C)N1CCC(NC(=NCc2ccc([N+](=O)[O-])cc2)NCCCN2CCOCC2)CC1. The lowest BCUT2D eigenvalue weighted by molar-refractivity contribution is -0.384. The smallest absolute Gasteiger partial charge is 0.269 e. The number of likely N-dealkylation sites (tertiary alicyclic amines) is 1. The molecule has 0 atom stereocenters. The van der Waals surface area contributed by atoms with Gasteiger partial charge in [0.15, 0.2) is 5.96 Å². The fourth-order valence-electron chi connectivity index (χ4n) is 4.13. The number of non-ortho nitro benzene ring substituents is 1. The van der Waals surface area contributed by atoms with Crippen molar-refractivity contribution in [3.05, 3.63) is 39.9 Å². The summed E-state index contributed by atoms with van der Waals surface area (Å²) in [4.78, 5) is 20.2. The Balaban J connectivity index is 1.52. The van der Waals surface area contributed by atoms with Gasteiger partial charge in [0.25, 0.3) is 5.69 Å². The molecule has 178 valence electrons. The third-order valence-electron chi connectivity index (χ3n) is 6.21. The molecule has 32 heavy (non-hydrogen) atoms. The molecule has 0 unspecified atom stereocenters. The van der Waals surface area contributed by atoms with Crippen LogP contribution in [0.3, 0.4) is 0 Å². The van der Waals surface area contributed by atoms with E-state index >= 15 is 0 Å². The zero-order valence-electron chi connectivity index (χ0n) is 19.5. The van der Waals surface area contributed by atoms with E-state index in [1.165, 1.54) is 12.1 Å². The van der Waals surface area contributed by atoms with E-state index < -0.39 is 0 Å². The molecule has 1 aromatic carbocycles. The molecule has 2 aliphatic heterocycles. The van der Waals surface area contributed by atoms with Gasteiger partial charge in [0.1, 0.15) is 0 Å². The lowest BCUT2D eigenvalue weighted by Gasteiger charge is -2.35. The Bertz CT molecular complexity index is 726. The Morgan fingerprint density at radius 2 is 1.88 bits per heavy atom. The molecule has 0 aliphatic carbocycles. The third kappa shape index (κ3) is 8.03. The molecule has 9 nitrogen and oxygen atoms in total. The molecule has 2 aliphatic rings. The van der Waals surface area contributed by atoms with Crippen LogP contribution in [0.2, 0.25) is 0 Å². The quantitative estimate of drug-likeness (QED) is 0.197. The topological polar surface area (TPSA) is 95.3 Å². The molecule has 0 bridgehead atoms. The van der Waals surface area contributed by atoms with E-state index in [0.29, 0.717) is 18.6 Å². The van der Waals surface area contributed by atoms with Gasteiger partial charge in [0.05, 0.1) is 24.7 Å². The summed E-state index contributed by atoms with van der Waals surface area (Å²) in [6.07, 6.45) is 3.25. The lowest BCUT2D eigenvalue weighted by Crippen LogP contribution is -2.50. The Hall–Kier alpha value is -2.23. The molecule has 0 amide bonds. The van der Waals surface area contributed by atoms with Crippen LogP contribution in [0, 0.1) is 10.1 Å². The van der Waals surface area contributed by atoms with Gasteiger partial charge in [-0.1, -0.05) is 12.1 Å². The maximum Gasteiger partial charge on any atom is 0.269 e. The molecule has 1 aromatic rings. The van der Waals surface area contributed by atoms with E-state index in [1.807, 2.05) is 0 Å². The molecule has 0 saturated carbocycles. The zero-order valence-corrected chi connectivity index (χ0v) is 19.5. The first-order valence-corrected chi connectivity index (χ1v) is 11.8. The highest BCUT2D eigenvalue weighted by atomic mass is 16.6. The number of hydrogen-bond acceptors (Lipinski definition) is 6. The van der Waals surface area contributed by atoms with Crippen LogP contribution in [-0.2, 0) is 11.3 Å². The minimum absolute atomic E-state index is 0.106. The van der Waals surface area contributed by atoms with Gasteiger partial charge in [0.2, 0.25) is 0 Å². The molecule has 0 aromatic heterocycles. The normalized spacial score (nSPS) is 19.3. The Morgan fingerprint density at radius 1 is 1.19 bits per heavy atom. The number of aliphatic imine (C=N–C) groups is 1. The van der Waals surface area contributed by atoms with Gasteiger partial charge in [-0.05, 0) is 45.2 Å². The zero-order chi connectivity index (χ0) is 22.8. The lowest BCUT2D eigenvalue weighted by atomic mass is 10.0. The molecule has 0 spiro atoms. The van der Waals surface area contributed by atoms with Crippen LogP contribution in [-0.4, -0.2) is 85.2 Å². The van der Waals surface area contributed by atoms with Crippen LogP contribution in [0.4, 0.5) is 5.69 Å². The number of nitro benzene ring substituents is 1. The van der Waals surface area contributed by atoms with Gasteiger partial charge >= 0.3 is 0 Å². The van der Waals surface area contributed by atoms with Gasteiger partial charge in [-0.25, -0.2) is 4.99 Å². The van der Waals surface area contributed by atoms with Gasteiger partial charge in [-0.2, -0.15) is 0 Å². The van der Waals surface area contributed by atoms with Gasteiger partial charge < -0.3 is 20.3 Å². The van der Waals surface area contributed by atoms with E-state index in [0.717, 1.165) is 83.3 Å². The van der Waals surface area contributed by atoms with Crippen molar-refractivity contribution in [2.45, 2.75) is 51.7 Å². The van der Waals surface area contributed by atoms with Gasteiger partial charge in [-0.15, -0.1) is 0 Å². The summed E-state index contributed by atoms with van der Waals surface area (Å²) in [7, 11) is 0. The highest BCUT2D eigenvalue weighted by Gasteiger charge is 2.21. The van der Waals surface area contributed by atoms with Crippen molar-refractivity contribution in [3.63, 3.8) is 0 Å². The van der Waals surface area contributed by atoms with Crippen molar-refractivity contribution in [3.8, 4) is 0 Å². The molecule has 2 N–H and O–H groups in total. The number of nitrogens with zero attached hydrogens (tertiary/aromatic N) is 4. The number of morpholine rings is 1. The van der Waals surface area contributed by atoms with Crippen LogP contribution < -0.4 is 10.6 Å². The second kappa shape index (κ2) is 12.7. The first kappa shape index (κ1) is 24.4. The summed E-state index contributed by atoms with van der Waals surface area (Å²) in [5.74, 6) is 0.827. The molecule has 3 rings (SSSR count). The minimum Gasteiger partial charge on any atom is -0.379 e. The van der Waals surface area contributed by atoms with E-state index in [1.54, 1.807) is 12.1 Å². The van der Waals surface area contributed by atoms with Gasteiger partial charge in [-0.3, -0.25) is 15.0 Å². The number of nitrogens with one attached hydrogen (secondary N) is 2. The van der Waals surface area contributed by atoms with Crippen molar-refractivity contribution in [1.29, 1.82) is 0 Å². The fourth-order valence-corrected chi connectivity index (χ4v) is 4.13. The first-order chi connectivity index (χ1) is 15.5. The number of piperidine rings is 1. The Labute approximate surface area is 191 Å². The molecule has 9 heteroatoms. The van der Waals surface area contributed by atoms with Gasteiger partial charge in [0, 0.05) is 56.9 Å². The van der Waals surface area contributed by atoms with Crippen LogP contribution >= 0.6 is 0 Å². The Kier molecular flexibility index (Phi) is 9.70. The predicted molar refractivity (Wildman–Crippen MR) is 127 cm³/mol. The molecule has 2 heterocycles. The number of hydrogen-bond donors (Lipinski definition) is 2. The number of guanidine groups is 1. The Morgan fingerprint density at radius 3 is 2.50 bits per heavy atom. The van der Waals surface area contributed by atoms with E-state index in [2.05, 4.69) is 34.3 Å². The third-order valence-corrected chi connectivity index (χ3v) is 6.21. The second-order valence-electron chi connectivity index (χ2n) is 8.87. The number of nitro groups is 1. The van der Waals surface area contributed by atoms with Crippen molar-refractivity contribution in [2.24, 2.45) is 4.99 Å². The highest BCUT2D eigenvalue weighted by Crippen LogP contribution is 2.14. The molecular formula is C23H38N6O3. The number of ether oxygens (including phenoxy) is 1. The molecule has 0 radical (unpaired) electrons. The predicted octanol–water partition coefficient (Wildman–Crippen LogP) is 2.23. The number of rotatable bonds is 9. The summed E-state index contributed by atoms with van der Waals surface area (Å²) in [5, 5.41) is 18.0. The summed E-state index contributed by atoms with van der Waals surface area (Å²) < 4.78 is 5.42. The maximum atomic E-state index is 10.9. The number of benzene rings is 1. The average Bonchev–Trinajstić information content (AvgIpc) is 2.81. The van der Waals surface area contributed by atoms with E-state index in [9.17, 15) is 10.1 Å². The van der Waals surface area contributed by atoms with Crippen molar-refractivity contribution < 1.29 is 9.66 Å². The average molecular weight is 447 g/mol. The first-order valence-electron chi connectivity index (χ1n) is 11.8. The minimum atomic E-state index is -0.375. The summed E-state index contributed by atoms with van der Waals surface area (Å²) in [6.45, 7) is 12.8. The largest absolute Gasteiger partial charge is 0.379 e. The molecule has 2 fully saturated rings. The van der Waals surface area contributed by atoms with Crippen molar-refractivity contribution in [1.82, 2.24) is 20.4 Å². The molecule has 2 saturated heterocycles. The van der Waals surface area contributed by atoms with Crippen LogP contribution in [0.1, 0.15) is 38.7 Å². The monoisotopic (exact) mass is 446 g/mol. The summed E-state index contributed by atoms with van der Waals surface area (Å²) >= 11 is 0. The second-order valence-corrected chi connectivity index (χ2v) is 8.87. The standard InChI is InChI=1S/C23H38N6O3/c1-19(2)28-12-8-21(9-13-28)26-23(24-10-3-11-27-14-16-32-17-15-27)25-18-20-4-6-22(7-5-20)29(30)31/h4-7,19,21H,3,8-18H2,1-2H3,(H2,24,25,26). The summed E-state index contributed by atoms with van der Waals surface area (Å²) in [6, 6.07) is 7.62. The van der Waals surface area contributed by atoms with E-state index in [4.69, 9.17) is 9.73 Å². The summed E-state index contributed by atoms with van der Waals surface area (Å²) in [5.41, 5.74) is 1.06. The van der Waals surface area contributed by atoms with Crippen LogP contribution in [0.5, 0.6) is 0 Å². The highest BCUT2D eigenvalue weighted by molar-refractivity contribution is 5.80. The maximum absolute atomic E-state index is 10.9. The van der Waals surface area contributed by atoms with Crippen LogP contribution in [0.25, 0.3) is 0 Å². The van der Waals surface area contributed by atoms with Crippen LogP contribution in [0.15, 0.2) is 29.3 Å². The van der Waals surface area contributed by atoms with Crippen molar-refractivity contribution in [2.75, 3.05) is 52.5 Å².